The molecule has 0 spiro atoms. The van der Waals surface area contributed by atoms with Crippen molar-refractivity contribution in [1.29, 1.82) is 0 Å². The molecule has 1 aliphatic heterocycles. The summed E-state index contributed by atoms with van der Waals surface area (Å²) in [5.74, 6) is 0.378. The van der Waals surface area contributed by atoms with E-state index in [0.717, 1.165) is 18.7 Å². The second-order valence-electron chi connectivity index (χ2n) is 6.71. The molecule has 6 heteroatoms. The first-order chi connectivity index (χ1) is 9.87. The average Bonchev–Trinajstić information content (AvgIpc) is 3.05. The Morgan fingerprint density at radius 3 is 3.00 bits per heavy atom. The van der Waals surface area contributed by atoms with Gasteiger partial charge in [-0.05, 0) is 27.2 Å². The van der Waals surface area contributed by atoms with Crippen LogP contribution in [0.5, 0.6) is 0 Å². The second kappa shape index (κ2) is 6.58. The number of nitrogens with zero attached hydrogens (tertiary/aromatic N) is 2. The number of nitrogens with two attached hydrogens (primary N) is 1. The zero-order chi connectivity index (χ0) is 15.5. The minimum atomic E-state index is -0.202. The van der Waals surface area contributed by atoms with Gasteiger partial charge in [0.1, 0.15) is 0 Å². The van der Waals surface area contributed by atoms with Gasteiger partial charge in [-0.15, -0.1) is 0 Å². The lowest BCUT2D eigenvalue weighted by molar-refractivity contribution is -0.122. The molecule has 0 saturated carbocycles. The lowest BCUT2D eigenvalue weighted by atomic mass is 9.97. The Morgan fingerprint density at radius 2 is 2.38 bits per heavy atom. The molecule has 1 saturated heterocycles. The highest BCUT2D eigenvalue weighted by atomic mass is 16.5. The van der Waals surface area contributed by atoms with Crippen molar-refractivity contribution in [2.45, 2.75) is 51.7 Å². The average molecular weight is 294 g/mol. The Bertz CT molecular complexity index is 472. The van der Waals surface area contributed by atoms with Crippen LogP contribution in [0.2, 0.25) is 0 Å². The fraction of sp³-hybridized carbons (Fsp3) is 0.733. The number of imidazole rings is 1. The van der Waals surface area contributed by atoms with Crippen LogP contribution in [0.4, 0.5) is 0 Å². The van der Waals surface area contributed by atoms with Crippen molar-refractivity contribution in [2.75, 3.05) is 13.2 Å². The predicted molar refractivity (Wildman–Crippen MR) is 80.6 cm³/mol. The van der Waals surface area contributed by atoms with Crippen molar-refractivity contribution in [2.24, 2.45) is 11.7 Å². The number of amides is 1. The monoisotopic (exact) mass is 294 g/mol. The first kappa shape index (κ1) is 16.0. The van der Waals surface area contributed by atoms with E-state index in [1.54, 1.807) is 12.5 Å². The third-order valence-corrected chi connectivity index (χ3v) is 3.65. The van der Waals surface area contributed by atoms with Crippen molar-refractivity contribution in [3.05, 3.63) is 18.2 Å². The number of rotatable bonds is 5. The number of aromatic nitrogens is 2. The summed E-state index contributed by atoms with van der Waals surface area (Å²) in [4.78, 5) is 16.1. The van der Waals surface area contributed by atoms with E-state index in [1.807, 2.05) is 25.3 Å². The summed E-state index contributed by atoms with van der Waals surface area (Å²) >= 11 is 0. The number of carbonyl (C=O) groups is 1. The Kier molecular flexibility index (Phi) is 5.00. The summed E-state index contributed by atoms with van der Waals surface area (Å²) in [6.45, 7) is 8.01. The van der Waals surface area contributed by atoms with Gasteiger partial charge in [-0.2, -0.15) is 0 Å². The van der Waals surface area contributed by atoms with Gasteiger partial charge in [0.2, 0.25) is 5.91 Å². The van der Waals surface area contributed by atoms with Gasteiger partial charge in [-0.25, -0.2) is 4.98 Å². The third kappa shape index (κ3) is 4.54. The molecule has 2 rings (SSSR count). The summed E-state index contributed by atoms with van der Waals surface area (Å²) in [5.41, 5.74) is 7.09. The molecule has 0 aliphatic carbocycles. The molecular weight excluding hydrogens is 268 g/mol. The van der Waals surface area contributed by atoms with E-state index in [0.29, 0.717) is 25.5 Å². The van der Waals surface area contributed by atoms with E-state index >= 15 is 0 Å². The van der Waals surface area contributed by atoms with Gasteiger partial charge in [-0.3, -0.25) is 4.79 Å². The van der Waals surface area contributed by atoms with E-state index in [-0.39, 0.29) is 17.5 Å². The molecule has 1 aromatic heterocycles. The van der Waals surface area contributed by atoms with Crippen LogP contribution in [0.1, 0.15) is 45.3 Å². The highest BCUT2D eigenvalue weighted by Crippen LogP contribution is 2.26. The van der Waals surface area contributed by atoms with Gasteiger partial charge in [0, 0.05) is 37.2 Å². The molecular formula is C15H26N4O2. The largest absolute Gasteiger partial charge is 0.381 e. The predicted octanol–water partition coefficient (Wildman–Crippen LogP) is 1.22. The SMILES string of the molecule is CC(C)(C)NC(=O)CCn1cncc1C(N)C1CCOC1. The zero-order valence-corrected chi connectivity index (χ0v) is 13.1. The van der Waals surface area contributed by atoms with Crippen LogP contribution >= 0.6 is 0 Å². The van der Waals surface area contributed by atoms with Crippen molar-refractivity contribution in [3.63, 3.8) is 0 Å². The Labute approximate surface area is 126 Å². The van der Waals surface area contributed by atoms with Crippen LogP contribution < -0.4 is 11.1 Å². The van der Waals surface area contributed by atoms with E-state index < -0.39 is 0 Å². The molecule has 1 aromatic rings. The molecule has 2 atom stereocenters. The van der Waals surface area contributed by atoms with Crippen LogP contribution in [-0.2, 0) is 16.1 Å². The van der Waals surface area contributed by atoms with Crippen LogP contribution in [0.15, 0.2) is 12.5 Å². The van der Waals surface area contributed by atoms with E-state index in [1.165, 1.54) is 0 Å². The Hall–Kier alpha value is -1.40. The summed E-state index contributed by atoms with van der Waals surface area (Å²) in [6.07, 6.45) is 4.95. The first-order valence-corrected chi connectivity index (χ1v) is 7.51. The minimum Gasteiger partial charge on any atom is -0.381 e. The summed E-state index contributed by atoms with van der Waals surface area (Å²) in [5, 5.41) is 2.96. The molecule has 21 heavy (non-hydrogen) atoms. The molecule has 1 fully saturated rings. The minimum absolute atomic E-state index is 0.0416. The van der Waals surface area contributed by atoms with Crippen molar-refractivity contribution >= 4 is 5.91 Å². The molecule has 118 valence electrons. The molecule has 0 bridgehead atoms. The van der Waals surface area contributed by atoms with Crippen LogP contribution in [0.3, 0.4) is 0 Å². The number of nitrogens with one attached hydrogen (secondary N) is 1. The van der Waals surface area contributed by atoms with Gasteiger partial charge in [0.05, 0.1) is 24.7 Å². The van der Waals surface area contributed by atoms with Gasteiger partial charge in [0.15, 0.2) is 0 Å². The first-order valence-electron chi connectivity index (χ1n) is 7.51. The maximum absolute atomic E-state index is 11.9. The lowest BCUT2D eigenvalue weighted by Gasteiger charge is -2.22. The topological polar surface area (TPSA) is 82.2 Å². The fourth-order valence-corrected chi connectivity index (χ4v) is 2.58. The van der Waals surface area contributed by atoms with Crippen LogP contribution in [-0.4, -0.2) is 34.2 Å². The van der Waals surface area contributed by atoms with Gasteiger partial charge in [-0.1, -0.05) is 0 Å². The Morgan fingerprint density at radius 1 is 1.62 bits per heavy atom. The van der Waals surface area contributed by atoms with Gasteiger partial charge >= 0.3 is 0 Å². The van der Waals surface area contributed by atoms with Crippen LogP contribution in [0, 0.1) is 5.92 Å². The second-order valence-corrected chi connectivity index (χ2v) is 6.71. The molecule has 3 N–H and O–H groups in total. The lowest BCUT2D eigenvalue weighted by Crippen LogP contribution is -2.40. The molecule has 0 radical (unpaired) electrons. The quantitative estimate of drug-likeness (QED) is 0.855. The maximum atomic E-state index is 11.9. The summed E-state index contributed by atoms with van der Waals surface area (Å²) < 4.78 is 7.37. The van der Waals surface area contributed by atoms with Crippen molar-refractivity contribution < 1.29 is 9.53 Å². The van der Waals surface area contributed by atoms with Crippen LogP contribution in [0.25, 0.3) is 0 Å². The Balaban J connectivity index is 1.92. The number of ether oxygens (including phenoxy) is 1. The van der Waals surface area contributed by atoms with Gasteiger partial charge in [0.25, 0.3) is 0 Å². The normalized spacial score (nSPS) is 20.5. The number of hydrogen-bond acceptors (Lipinski definition) is 4. The molecule has 6 nitrogen and oxygen atoms in total. The summed E-state index contributed by atoms with van der Waals surface area (Å²) in [6, 6.07) is -0.0827. The molecule has 1 aliphatic rings. The molecule has 2 heterocycles. The summed E-state index contributed by atoms with van der Waals surface area (Å²) in [7, 11) is 0. The fourth-order valence-electron chi connectivity index (χ4n) is 2.58. The van der Waals surface area contributed by atoms with Crippen molar-refractivity contribution in [1.82, 2.24) is 14.9 Å². The molecule has 2 unspecified atom stereocenters. The number of hydrogen-bond donors (Lipinski definition) is 2. The molecule has 1 amide bonds. The van der Waals surface area contributed by atoms with E-state index in [2.05, 4.69) is 10.3 Å². The highest BCUT2D eigenvalue weighted by molar-refractivity contribution is 5.76. The van der Waals surface area contributed by atoms with Crippen molar-refractivity contribution in [3.8, 4) is 0 Å². The maximum Gasteiger partial charge on any atom is 0.222 e. The number of aryl methyl sites for hydroxylation is 1. The number of carbonyl (C=O) groups excluding carboxylic acids is 1. The molecule has 0 aromatic carbocycles. The standard InChI is InChI=1S/C15H26N4O2/c1-15(2,3)18-13(20)4-6-19-10-17-8-12(19)14(16)11-5-7-21-9-11/h8,10-11,14H,4-7,9,16H2,1-3H3,(H,18,20). The van der Waals surface area contributed by atoms with E-state index in [9.17, 15) is 4.79 Å². The smallest absolute Gasteiger partial charge is 0.222 e. The highest BCUT2D eigenvalue weighted by Gasteiger charge is 2.26. The third-order valence-electron chi connectivity index (χ3n) is 3.65. The van der Waals surface area contributed by atoms with E-state index in [4.69, 9.17) is 10.5 Å². The van der Waals surface area contributed by atoms with Gasteiger partial charge < -0.3 is 20.4 Å². The zero-order valence-electron chi connectivity index (χ0n) is 13.1.